The van der Waals surface area contributed by atoms with Gasteiger partial charge in [-0.15, -0.1) is 0 Å². The number of carbonyl (C=O) groups is 2. The lowest BCUT2D eigenvalue weighted by molar-refractivity contribution is -0.233. The maximum atomic E-state index is 12.7. The maximum Gasteiger partial charge on any atom is 0.348 e. The number of esters is 2. The molecule has 3 aliphatic rings. The van der Waals surface area contributed by atoms with Gasteiger partial charge in [-0.25, -0.2) is 9.59 Å². The van der Waals surface area contributed by atoms with Crippen molar-refractivity contribution < 1.29 is 23.8 Å². The number of aromatic nitrogens is 2. The predicted molar refractivity (Wildman–Crippen MR) is 93.5 cm³/mol. The molecule has 0 amide bonds. The Morgan fingerprint density at radius 2 is 1.96 bits per heavy atom. The number of rotatable bonds is 2. The number of ether oxygens (including phenoxy) is 3. The number of hydrogen-bond acceptors (Lipinski definition) is 7. The van der Waals surface area contributed by atoms with Crippen molar-refractivity contribution in [2.45, 2.75) is 37.4 Å². The number of hydrogen-bond donors (Lipinski definition) is 0. The van der Waals surface area contributed by atoms with Gasteiger partial charge in [-0.05, 0) is 30.5 Å². The Labute approximate surface area is 155 Å². The van der Waals surface area contributed by atoms with Crippen LogP contribution in [0.3, 0.4) is 0 Å². The van der Waals surface area contributed by atoms with Crippen molar-refractivity contribution in [1.29, 1.82) is 0 Å². The second-order valence-corrected chi connectivity index (χ2v) is 7.21. The first-order valence-electron chi connectivity index (χ1n) is 9.06. The monoisotopic (exact) mass is 366 g/mol. The van der Waals surface area contributed by atoms with E-state index in [1.807, 2.05) is 19.1 Å². The number of fused-ring (bicyclic) bond motifs is 1. The molecule has 0 aromatic carbocycles. The van der Waals surface area contributed by atoms with E-state index in [1.165, 1.54) is 0 Å². The predicted octanol–water partition coefficient (Wildman–Crippen LogP) is 2.19. The van der Waals surface area contributed by atoms with Crippen LogP contribution >= 0.6 is 0 Å². The zero-order valence-electron chi connectivity index (χ0n) is 14.9. The molecular formula is C20H18N2O5. The first-order chi connectivity index (χ1) is 13.1. The topological polar surface area (TPSA) is 87.6 Å². The molecule has 27 heavy (non-hydrogen) atoms. The number of carbonyl (C=O) groups excluding carboxylic acids is 2. The first kappa shape index (κ1) is 16.4. The van der Waals surface area contributed by atoms with Crippen molar-refractivity contribution in [3.63, 3.8) is 0 Å². The zero-order valence-corrected chi connectivity index (χ0v) is 14.9. The van der Waals surface area contributed by atoms with Gasteiger partial charge in [-0.1, -0.05) is 6.92 Å². The smallest absolute Gasteiger partial charge is 0.348 e. The van der Waals surface area contributed by atoms with Gasteiger partial charge in [0.05, 0.1) is 18.7 Å². The Balaban J connectivity index is 1.59. The van der Waals surface area contributed by atoms with Crippen LogP contribution in [0.5, 0.6) is 0 Å². The average Bonchev–Trinajstić information content (AvgIpc) is 3.23. The highest BCUT2D eigenvalue weighted by atomic mass is 16.8. The Morgan fingerprint density at radius 1 is 1.15 bits per heavy atom. The Bertz CT molecular complexity index is 981. The van der Waals surface area contributed by atoms with Crippen LogP contribution in [0.15, 0.2) is 41.9 Å². The van der Waals surface area contributed by atoms with E-state index in [9.17, 15) is 9.59 Å². The van der Waals surface area contributed by atoms with E-state index in [0.717, 1.165) is 28.5 Å². The van der Waals surface area contributed by atoms with Crippen LogP contribution < -0.4 is 0 Å². The van der Waals surface area contributed by atoms with Gasteiger partial charge in [0, 0.05) is 34.8 Å². The molecule has 2 aromatic rings. The quantitative estimate of drug-likeness (QED) is 0.457. The molecule has 5 rings (SSSR count). The fourth-order valence-electron chi connectivity index (χ4n) is 4.19. The molecule has 1 atom stereocenters. The summed E-state index contributed by atoms with van der Waals surface area (Å²) < 4.78 is 16.2. The van der Waals surface area contributed by atoms with Gasteiger partial charge in [-0.3, -0.25) is 9.97 Å². The summed E-state index contributed by atoms with van der Waals surface area (Å²) in [6.45, 7) is 2.52. The lowest BCUT2D eigenvalue weighted by Gasteiger charge is -2.31. The molecule has 2 saturated heterocycles. The normalized spacial score (nSPS) is 30.0. The van der Waals surface area contributed by atoms with E-state index < -0.39 is 23.1 Å². The minimum absolute atomic E-state index is 0.0160. The van der Waals surface area contributed by atoms with E-state index in [-0.39, 0.29) is 12.2 Å². The highest BCUT2D eigenvalue weighted by molar-refractivity contribution is 6.17. The molecule has 2 aliphatic heterocycles. The molecule has 138 valence electrons. The first-order valence-corrected chi connectivity index (χ1v) is 9.06. The molecule has 1 spiro atoms. The average molecular weight is 366 g/mol. The molecule has 1 saturated carbocycles. The van der Waals surface area contributed by atoms with E-state index in [4.69, 9.17) is 14.2 Å². The van der Waals surface area contributed by atoms with Gasteiger partial charge in [-0.2, -0.15) is 0 Å². The Hall–Kier alpha value is -2.80. The van der Waals surface area contributed by atoms with Gasteiger partial charge < -0.3 is 14.2 Å². The lowest BCUT2D eigenvalue weighted by atomic mass is 9.92. The zero-order chi connectivity index (χ0) is 18.6. The summed E-state index contributed by atoms with van der Waals surface area (Å²) >= 11 is 0. The molecule has 0 radical (unpaired) electrons. The molecule has 7 heteroatoms. The SMILES string of the molecule is CCC1(c2nccc3cnccc23)CC1=C1C(=O)OC2(CCOC2)OC1=O. The summed E-state index contributed by atoms with van der Waals surface area (Å²) in [5.74, 6) is -2.50. The summed E-state index contributed by atoms with van der Waals surface area (Å²) in [5, 5.41) is 1.95. The van der Waals surface area contributed by atoms with Crippen LogP contribution in [-0.4, -0.2) is 40.9 Å². The van der Waals surface area contributed by atoms with Gasteiger partial charge in [0.2, 0.25) is 0 Å². The van der Waals surface area contributed by atoms with Crippen LogP contribution in [0.2, 0.25) is 0 Å². The third-order valence-corrected chi connectivity index (χ3v) is 5.77. The van der Waals surface area contributed by atoms with Crippen molar-refractivity contribution in [1.82, 2.24) is 9.97 Å². The number of nitrogens with zero attached hydrogens (tertiary/aromatic N) is 2. The molecule has 4 heterocycles. The molecule has 1 aliphatic carbocycles. The van der Waals surface area contributed by atoms with Crippen molar-refractivity contribution in [3.8, 4) is 0 Å². The molecule has 7 nitrogen and oxygen atoms in total. The second-order valence-electron chi connectivity index (χ2n) is 7.21. The summed E-state index contributed by atoms with van der Waals surface area (Å²) in [6, 6.07) is 3.81. The second kappa shape index (κ2) is 5.60. The summed E-state index contributed by atoms with van der Waals surface area (Å²) in [6.07, 6.45) is 6.91. The van der Waals surface area contributed by atoms with Crippen LogP contribution in [0.4, 0.5) is 0 Å². The van der Waals surface area contributed by atoms with E-state index in [2.05, 4.69) is 9.97 Å². The maximum absolute atomic E-state index is 12.7. The summed E-state index contributed by atoms with van der Waals surface area (Å²) in [7, 11) is 0. The molecule has 3 fully saturated rings. The van der Waals surface area contributed by atoms with E-state index in [0.29, 0.717) is 19.4 Å². The molecule has 0 bridgehead atoms. The minimum Gasteiger partial charge on any atom is -0.416 e. The standard InChI is InChI=1S/C20H18N2O5/c1-2-19(16-13-4-6-21-10-12(13)3-7-22-16)9-14(19)15-17(23)26-20(27-18(15)24)5-8-25-11-20/h3-4,6-7,10H,2,5,8-9,11H2,1H3. The summed E-state index contributed by atoms with van der Waals surface area (Å²) in [4.78, 5) is 34.1. The van der Waals surface area contributed by atoms with Gasteiger partial charge in [0.15, 0.2) is 0 Å². The summed E-state index contributed by atoms with van der Waals surface area (Å²) in [5.41, 5.74) is 1.16. The van der Waals surface area contributed by atoms with Crippen LogP contribution in [-0.2, 0) is 29.2 Å². The molecule has 2 aromatic heterocycles. The van der Waals surface area contributed by atoms with Gasteiger partial charge in [0.25, 0.3) is 5.79 Å². The van der Waals surface area contributed by atoms with Crippen molar-refractivity contribution in [2.75, 3.05) is 13.2 Å². The highest BCUT2D eigenvalue weighted by Crippen LogP contribution is 2.59. The fourth-order valence-corrected chi connectivity index (χ4v) is 4.19. The highest BCUT2D eigenvalue weighted by Gasteiger charge is 2.58. The molecular weight excluding hydrogens is 348 g/mol. The van der Waals surface area contributed by atoms with Crippen molar-refractivity contribution in [2.24, 2.45) is 0 Å². The third kappa shape index (κ3) is 2.31. The Morgan fingerprint density at radius 3 is 2.67 bits per heavy atom. The van der Waals surface area contributed by atoms with Gasteiger partial charge >= 0.3 is 11.9 Å². The number of pyridine rings is 2. The van der Waals surface area contributed by atoms with Crippen LogP contribution in [0.1, 0.15) is 31.9 Å². The number of allylic oxidation sites excluding steroid dienone is 1. The molecule has 0 N–H and O–H groups in total. The van der Waals surface area contributed by atoms with Crippen LogP contribution in [0.25, 0.3) is 10.8 Å². The van der Waals surface area contributed by atoms with E-state index in [1.54, 1.807) is 18.6 Å². The molecule has 1 unspecified atom stereocenters. The van der Waals surface area contributed by atoms with Crippen molar-refractivity contribution >= 4 is 22.7 Å². The van der Waals surface area contributed by atoms with Crippen LogP contribution in [0, 0.1) is 0 Å². The largest absolute Gasteiger partial charge is 0.416 e. The van der Waals surface area contributed by atoms with Crippen molar-refractivity contribution in [3.05, 3.63) is 47.6 Å². The fraction of sp³-hybridized carbons (Fsp3) is 0.400. The lowest BCUT2D eigenvalue weighted by Crippen LogP contribution is -2.47. The van der Waals surface area contributed by atoms with Gasteiger partial charge in [0.1, 0.15) is 12.2 Å². The van der Waals surface area contributed by atoms with E-state index >= 15 is 0 Å². The Kier molecular flexibility index (Phi) is 3.40. The third-order valence-electron chi connectivity index (χ3n) is 5.77. The minimum atomic E-state index is -1.26.